The Balaban J connectivity index is 1.64. The third-order valence-corrected chi connectivity index (χ3v) is 5.25. The van der Waals surface area contributed by atoms with Gasteiger partial charge in [0.2, 0.25) is 0 Å². The number of ether oxygens (including phenoxy) is 1. The van der Waals surface area contributed by atoms with Crippen LogP contribution in [0.2, 0.25) is 0 Å². The summed E-state index contributed by atoms with van der Waals surface area (Å²) >= 11 is 0. The minimum Gasteiger partial charge on any atom is -0.484 e. The van der Waals surface area contributed by atoms with Crippen molar-refractivity contribution < 1.29 is 9.53 Å². The van der Waals surface area contributed by atoms with Gasteiger partial charge in [-0.15, -0.1) is 0 Å². The van der Waals surface area contributed by atoms with E-state index in [4.69, 9.17) is 9.72 Å². The number of imidazole rings is 1. The summed E-state index contributed by atoms with van der Waals surface area (Å²) in [6.07, 6.45) is 3.69. The molecule has 1 aromatic heterocycles. The molecule has 1 aliphatic heterocycles. The lowest BCUT2D eigenvalue weighted by atomic mass is 10.1. The van der Waals surface area contributed by atoms with Crippen LogP contribution < -0.4 is 4.74 Å². The van der Waals surface area contributed by atoms with Gasteiger partial charge in [-0.3, -0.25) is 14.3 Å². The SMILES string of the molecule is CC(c1nc2ccccc2n1C(=O)COc1ccccc1)N1CCCCC1. The fourth-order valence-corrected chi connectivity index (χ4v) is 3.78. The fraction of sp³-hybridized carbons (Fsp3) is 0.364. The van der Waals surface area contributed by atoms with E-state index in [0.29, 0.717) is 5.75 Å². The molecule has 0 bridgehead atoms. The second kappa shape index (κ2) is 7.92. The normalized spacial score (nSPS) is 16.3. The largest absolute Gasteiger partial charge is 0.484 e. The molecule has 140 valence electrons. The van der Waals surface area contributed by atoms with Gasteiger partial charge in [-0.05, 0) is 57.1 Å². The summed E-state index contributed by atoms with van der Waals surface area (Å²) in [7, 11) is 0. The monoisotopic (exact) mass is 363 g/mol. The highest BCUT2D eigenvalue weighted by Gasteiger charge is 2.26. The van der Waals surface area contributed by atoms with Crippen molar-refractivity contribution >= 4 is 16.9 Å². The number of rotatable bonds is 5. The first-order valence-corrected chi connectivity index (χ1v) is 9.66. The van der Waals surface area contributed by atoms with Gasteiger partial charge in [0, 0.05) is 0 Å². The van der Waals surface area contributed by atoms with Crippen LogP contribution in [-0.4, -0.2) is 40.1 Å². The van der Waals surface area contributed by atoms with Crippen molar-refractivity contribution in [2.45, 2.75) is 32.2 Å². The third-order valence-electron chi connectivity index (χ3n) is 5.25. The van der Waals surface area contributed by atoms with Crippen molar-refractivity contribution in [1.82, 2.24) is 14.5 Å². The lowest BCUT2D eigenvalue weighted by Gasteiger charge is -2.32. The fourth-order valence-electron chi connectivity index (χ4n) is 3.78. The number of aromatic nitrogens is 2. The number of likely N-dealkylation sites (tertiary alicyclic amines) is 1. The summed E-state index contributed by atoms with van der Waals surface area (Å²) in [5.74, 6) is 1.41. The van der Waals surface area contributed by atoms with E-state index >= 15 is 0 Å². The summed E-state index contributed by atoms with van der Waals surface area (Å²) in [5.41, 5.74) is 1.70. The second-order valence-electron chi connectivity index (χ2n) is 7.06. The van der Waals surface area contributed by atoms with Crippen LogP contribution >= 0.6 is 0 Å². The molecule has 1 aliphatic rings. The molecule has 27 heavy (non-hydrogen) atoms. The van der Waals surface area contributed by atoms with E-state index in [2.05, 4.69) is 11.8 Å². The van der Waals surface area contributed by atoms with Crippen LogP contribution in [0.4, 0.5) is 0 Å². The van der Waals surface area contributed by atoms with Gasteiger partial charge >= 0.3 is 0 Å². The minimum atomic E-state index is -0.0913. The number of nitrogens with zero attached hydrogens (tertiary/aromatic N) is 3. The molecular formula is C22H25N3O2. The van der Waals surface area contributed by atoms with E-state index in [1.165, 1.54) is 19.3 Å². The van der Waals surface area contributed by atoms with Gasteiger partial charge in [0.1, 0.15) is 11.6 Å². The number of carbonyl (C=O) groups excluding carboxylic acids is 1. The molecule has 0 saturated carbocycles. The number of hydrogen-bond acceptors (Lipinski definition) is 4. The molecular weight excluding hydrogens is 338 g/mol. The zero-order valence-electron chi connectivity index (χ0n) is 15.7. The van der Waals surface area contributed by atoms with Gasteiger partial charge in [0.15, 0.2) is 6.61 Å². The molecule has 0 amide bonds. The Morgan fingerprint density at radius 3 is 2.52 bits per heavy atom. The van der Waals surface area contributed by atoms with Gasteiger partial charge in [-0.1, -0.05) is 36.8 Å². The van der Waals surface area contributed by atoms with E-state index in [1.807, 2.05) is 54.6 Å². The van der Waals surface area contributed by atoms with E-state index in [9.17, 15) is 4.79 Å². The number of piperidine rings is 1. The van der Waals surface area contributed by atoms with E-state index < -0.39 is 0 Å². The van der Waals surface area contributed by atoms with Crippen LogP contribution in [0.3, 0.4) is 0 Å². The average molecular weight is 363 g/mol. The van der Waals surface area contributed by atoms with Crippen molar-refractivity contribution in [2.24, 2.45) is 0 Å². The lowest BCUT2D eigenvalue weighted by molar-refractivity contribution is 0.0826. The Morgan fingerprint density at radius 1 is 1.04 bits per heavy atom. The first-order chi connectivity index (χ1) is 13.2. The lowest BCUT2D eigenvalue weighted by Crippen LogP contribution is -2.35. The first-order valence-electron chi connectivity index (χ1n) is 9.66. The predicted molar refractivity (Wildman–Crippen MR) is 106 cm³/mol. The van der Waals surface area contributed by atoms with Gasteiger partial charge < -0.3 is 4.74 Å². The maximum absolute atomic E-state index is 13.1. The van der Waals surface area contributed by atoms with Gasteiger partial charge in [-0.25, -0.2) is 4.98 Å². The number of para-hydroxylation sites is 3. The number of fused-ring (bicyclic) bond motifs is 1. The molecule has 3 aromatic rings. The molecule has 2 aromatic carbocycles. The van der Waals surface area contributed by atoms with E-state index in [0.717, 1.165) is 29.9 Å². The number of benzene rings is 2. The van der Waals surface area contributed by atoms with E-state index in [-0.39, 0.29) is 18.6 Å². The highest BCUT2D eigenvalue weighted by atomic mass is 16.5. The van der Waals surface area contributed by atoms with Crippen molar-refractivity contribution in [3.05, 3.63) is 60.4 Å². The molecule has 0 radical (unpaired) electrons. The van der Waals surface area contributed by atoms with Crippen LogP contribution in [0.1, 0.15) is 42.8 Å². The van der Waals surface area contributed by atoms with Crippen LogP contribution in [-0.2, 0) is 0 Å². The predicted octanol–water partition coefficient (Wildman–Crippen LogP) is 4.30. The molecule has 0 N–H and O–H groups in total. The van der Waals surface area contributed by atoms with Crippen LogP contribution in [0.5, 0.6) is 5.75 Å². The Morgan fingerprint density at radius 2 is 1.74 bits per heavy atom. The second-order valence-corrected chi connectivity index (χ2v) is 7.06. The van der Waals surface area contributed by atoms with Crippen molar-refractivity contribution in [1.29, 1.82) is 0 Å². The molecule has 5 nitrogen and oxygen atoms in total. The Kier molecular flexibility index (Phi) is 5.21. The minimum absolute atomic E-state index is 0.00983. The highest BCUT2D eigenvalue weighted by Crippen LogP contribution is 2.27. The first kappa shape index (κ1) is 17.7. The van der Waals surface area contributed by atoms with Crippen LogP contribution in [0.15, 0.2) is 54.6 Å². The Bertz CT molecular complexity index is 914. The average Bonchev–Trinajstić information content (AvgIpc) is 3.12. The zero-order chi connectivity index (χ0) is 18.6. The van der Waals surface area contributed by atoms with E-state index in [1.54, 1.807) is 4.57 Å². The van der Waals surface area contributed by atoms with Crippen molar-refractivity contribution in [3.63, 3.8) is 0 Å². The summed E-state index contributed by atoms with van der Waals surface area (Å²) in [4.78, 5) is 20.3. The highest BCUT2D eigenvalue weighted by molar-refractivity contribution is 5.92. The van der Waals surface area contributed by atoms with Crippen molar-refractivity contribution in [3.8, 4) is 5.75 Å². The standard InChI is InChI=1S/C22H25N3O2/c1-17(24-14-8-3-9-15-24)22-23-19-12-6-7-13-20(19)25(22)21(26)16-27-18-10-4-2-5-11-18/h2,4-7,10-13,17H,3,8-9,14-16H2,1H3. The summed E-state index contributed by atoms with van der Waals surface area (Å²) in [6, 6.07) is 17.4. The van der Waals surface area contributed by atoms with Gasteiger partial charge in [0.25, 0.3) is 5.91 Å². The molecule has 5 heteroatoms. The summed E-state index contributed by atoms with van der Waals surface area (Å²) in [6.45, 7) is 4.25. The molecule has 1 atom stereocenters. The Labute approximate surface area is 159 Å². The maximum atomic E-state index is 13.1. The molecule has 1 fully saturated rings. The Hall–Kier alpha value is -2.66. The van der Waals surface area contributed by atoms with Gasteiger partial charge in [-0.2, -0.15) is 0 Å². The molecule has 4 rings (SSSR count). The summed E-state index contributed by atoms with van der Waals surface area (Å²) in [5, 5.41) is 0. The third kappa shape index (κ3) is 3.74. The smallest absolute Gasteiger partial charge is 0.270 e. The van der Waals surface area contributed by atoms with Crippen LogP contribution in [0, 0.1) is 0 Å². The zero-order valence-corrected chi connectivity index (χ0v) is 15.7. The number of hydrogen-bond donors (Lipinski definition) is 0. The molecule has 1 saturated heterocycles. The molecule has 0 aliphatic carbocycles. The van der Waals surface area contributed by atoms with Gasteiger partial charge in [0.05, 0.1) is 17.1 Å². The quantitative estimate of drug-likeness (QED) is 0.678. The number of carbonyl (C=O) groups is 1. The molecule has 1 unspecified atom stereocenters. The molecule has 2 heterocycles. The maximum Gasteiger partial charge on any atom is 0.270 e. The van der Waals surface area contributed by atoms with Crippen LogP contribution in [0.25, 0.3) is 11.0 Å². The molecule has 0 spiro atoms. The summed E-state index contributed by atoms with van der Waals surface area (Å²) < 4.78 is 7.46. The van der Waals surface area contributed by atoms with Crippen molar-refractivity contribution in [2.75, 3.05) is 19.7 Å². The topological polar surface area (TPSA) is 47.4 Å².